The molecule has 0 spiro atoms. The average Bonchev–Trinajstić information content (AvgIpc) is 3.25. The minimum atomic E-state index is -0.916. The van der Waals surface area contributed by atoms with Crippen LogP contribution in [-0.4, -0.2) is 39.0 Å². The third kappa shape index (κ3) is 5.41. The summed E-state index contributed by atoms with van der Waals surface area (Å²) in [6, 6.07) is 20.5. The lowest BCUT2D eigenvalue weighted by Crippen LogP contribution is -2.32. The smallest absolute Gasteiger partial charge is 0.305 e. The van der Waals surface area contributed by atoms with Crippen LogP contribution in [0.2, 0.25) is 5.02 Å². The Labute approximate surface area is 200 Å². The fourth-order valence-electron chi connectivity index (χ4n) is 3.64. The number of carbonyl (C=O) groups excluding carboxylic acids is 2. The zero-order valence-corrected chi connectivity index (χ0v) is 18.7. The van der Waals surface area contributed by atoms with E-state index in [2.05, 4.69) is 15.6 Å². The number of halogens is 1. The van der Waals surface area contributed by atoms with Crippen LogP contribution in [0.4, 0.5) is 5.69 Å². The number of hydrogen-bond donors (Lipinski definition) is 3. The first-order valence-corrected chi connectivity index (χ1v) is 10.9. The lowest BCUT2D eigenvalue weighted by Gasteiger charge is -2.18. The maximum atomic E-state index is 12.3. The van der Waals surface area contributed by atoms with E-state index in [1.807, 2.05) is 34.9 Å². The molecule has 1 heterocycles. The number of carbonyl (C=O) groups is 3. The van der Waals surface area contributed by atoms with E-state index in [0.29, 0.717) is 21.8 Å². The molecule has 0 saturated carbocycles. The Morgan fingerprint density at radius 1 is 1.00 bits per heavy atom. The number of hydrogen-bond acceptors (Lipinski definition) is 4. The second-order valence-corrected chi connectivity index (χ2v) is 8.05. The Morgan fingerprint density at radius 3 is 2.44 bits per heavy atom. The highest BCUT2D eigenvalue weighted by atomic mass is 35.5. The van der Waals surface area contributed by atoms with Crippen LogP contribution >= 0.6 is 11.6 Å². The molecule has 0 saturated heterocycles. The van der Waals surface area contributed by atoms with Crippen LogP contribution in [0.15, 0.2) is 79.1 Å². The molecule has 0 aliphatic heterocycles. The highest BCUT2D eigenvalue weighted by Crippen LogP contribution is 2.28. The number of rotatable bonds is 8. The van der Waals surface area contributed by atoms with Crippen molar-refractivity contribution in [3.8, 4) is 0 Å². The van der Waals surface area contributed by atoms with Gasteiger partial charge < -0.3 is 20.3 Å². The number of fused-ring (bicyclic) bond motifs is 1. The number of aliphatic carboxylic acids is 1. The van der Waals surface area contributed by atoms with Gasteiger partial charge >= 0.3 is 5.97 Å². The van der Waals surface area contributed by atoms with E-state index < -0.39 is 17.9 Å². The number of carboxylic acids is 1. The van der Waals surface area contributed by atoms with Crippen molar-refractivity contribution in [3.63, 3.8) is 0 Å². The number of benzene rings is 3. The van der Waals surface area contributed by atoms with Gasteiger partial charge in [0.2, 0.25) is 5.91 Å². The van der Waals surface area contributed by atoms with Crippen LogP contribution in [0.5, 0.6) is 0 Å². The largest absolute Gasteiger partial charge is 0.481 e. The van der Waals surface area contributed by atoms with Gasteiger partial charge in [-0.15, -0.1) is 0 Å². The predicted octanol–water partition coefficient (Wildman–Crippen LogP) is 4.12. The number of imidazole rings is 1. The molecule has 34 heavy (non-hydrogen) atoms. The molecule has 2 amide bonds. The van der Waals surface area contributed by atoms with Crippen molar-refractivity contribution in [2.75, 3.05) is 11.9 Å². The summed E-state index contributed by atoms with van der Waals surface area (Å²) < 4.78 is 1.82. The van der Waals surface area contributed by atoms with Crippen molar-refractivity contribution >= 4 is 46.1 Å². The molecule has 172 valence electrons. The van der Waals surface area contributed by atoms with Gasteiger partial charge in [-0.05, 0) is 48.0 Å². The highest BCUT2D eigenvalue weighted by Gasteiger charge is 2.20. The van der Waals surface area contributed by atoms with Crippen molar-refractivity contribution in [1.29, 1.82) is 0 Å². The normalized spacial score (nSPS) is 11.7. The second-order valence-electron chi connectivity index (χ2n) is 7.62. The number of carboxylic acid groups (broad SMARTS) is 1. The molecule has 1 atom stereocenters. The van der Waals surface area contributed by atoms with Crippen molar-refractivity contribution in [2.24, 2.45) is 0 Å². The van der Waals surface area contributed by atoms with E-state index in [1.165, 1.54) is 0 Å². The summed E-state index contributed by atoms with van der Waals surface area (Å²) in [5, 5.41) is 15.2. The minimum absolute atomic E-state index is 0.0960. The summed E-state index contributed by atoms with van der Waals surface area (Å²) in [4.78, 5) is 40.4. The minimum Gasteiger partial charge on any atom is -0.481 e. The summed E-state index contributed by atoms with van der Waals surface area (Å²) in [5.74, 6) is -1.69. The van der Waals surface area contributed by atoms with Gasteiger partial charge in [0.1, 0.15) is 0 Å². The Hall–Kier alpha value is -4.17. The zero-order chi connectivity index (χ0) is 24.1. The molecular weight excluding hydrogens is 456 g/mol. The molecule has 3 aromatic carbocycles. The SMILES string of the molecule is O=C(O)CC(c1ccccc1)n1cnc2cc(NC(=O)CNC(=O)c3ccc(Cl)cc3)ccc21. The Bertz CT molecular complexity index is 1340. The number of nitrogens with zero attached hydrogens (tertiary/aromatic N) is 2. The number of nitrogens with one attached hydrogen (secondary N) is 2. The van der Waals surface area contributed by atoms with Gasteiger partial charge in [0.25, 0.3) is 5.91 Å². The summed E-state index contributed by atoms with van der Waals surface area (Å²) in [7, 11) is 0. The number of amides is 2. The van der Waals surface area contributed by atoms with E-state index in [-0.39, 0.29) is 18.9 Å². The Kier molecular flexibility index (Phi) is 6.89. The highest BCUT2D eigenvalue weighted by molar-refractivity contribution is 6.30. The zero-order valence-electron chi connectivity index (χ0n) is 17.9. The molecule has 0 bridgehead atoms. The maximum absolute atomic E-state index is 12.3. The summed E-state index contributed by atoms with van der Waals surface area (Å²) >= 11 is 5.82. The number of anilines is 1. The Balaban J connectivity index is 1.46. The Morgan fingerprint density at radius 2 is 1.74 bits per heavy atom. The van der Waals surface area contributed by atoms with E-state index in [0.717, 1.165) is 11.1 Å². The molecule has 1 aromatic heterocycles. The molecule has 9 heteroatoms. The molecule has 0 radical (unpaired) electrons. The standard InChI is InChI=1S/C25H21ClN4O4/c26-18-8-6-17(7-9-18)25(34)27-14-23(31)29-19-10-11-21-20(12-19)28-15-30(21)22(13-24(32)33)16-4-2-1-3-5-16/h1-12,15,22H,13-14H2,(H,27,34)(H,29,31)(H,32,33). The van der Waals surface area contributed by atoms with E-state index in [4.69, 9.17) is 11.6 Å². The van der Waals surface area contributed by atoms with Crippen LogP contribution in [0.25, 0.3) is 11.0 Å². The molecule has 3 N–H and O–H groups in total. The van der Waals surface area contributed by atoms with Crippen LogP contribution in [0, 0.1) is 0 Å². The molecule has 0 fully saturated rings. The van der Waals surface area contributed by atoms with Crippen molar-refractivity contribution in [1.82, 2.24) is 14.9 Å². The molecule has 1 unspecified atom stereocenters. The quantitative estimate of drug-likeness (QED) is 0.354. The summed E-state index contributed by atoms with van der Waals surface area (Å²) in [6.07, 6.45) is 1.50. The van der Waals surface area contributed by atoms with Gasteiger partial charge in [-0.3, -0.25) is 14.4 Å². The van der Waals surface area contributed by atoms with Gasteiger partial charge in [0.15, 0.2) is 0 Å². The lowest BCUT2D eigenvalue weighted by molar-refractivity contribution is -0.137. The van der Waals surface area contributed by atoms with Gasteiger partial charge in [-0.2, -0.15) is 0 Å². The lowest BCUT2D eigenvalue weighted by atomic mass is 10.0. The van der Waals surface area contributed by atoms with E-state index in [9.17, 15) is 19.5 Å². The molecule has 4 aromatic rings. The van der Waals surface area contributed by atoms with Crippen LogP contribution in [0.3, 0.4) is 0 Å². The van der Waals surface area contributed by atoms with E-state index in [1.54, 1.807) is 48.8 Å². The monoisotopic (exact) mass is 476 g/mol. The van der Waals surface area contributed by atoms with Gasteiger partial charge in [-0.25, -0.2) is 4.98 Å². The first-order chi connectivity index (χ1) is 16.4. The molecular formula is C25H21ClN4O4. The van der Waals surface area contributed by atoms with Gasteiger partial charge in [-0.1, -0.05) is 41.9 Å². The molecule has 8 nitrogen and oxygen atoms in total. The molecule has 4 rings (SSSR count). The fraction of sp³-hybridized carbons (Fsp3) is 0.120. The maximum Gasteiger partial charge on any atom is 0.305 e. The van der Waals surface area contributed by atoms with Crippen molar-refractivity contribution in [3.05, 3.63) is 95.3 Å². The van der Waals surface area contributed by atoms with E-state index >= 15 is 0 Å². The number of aromatic nitrogens is 2. The van der Waals surface area contributed by atoms with Crippen molar-refractivity contribution in [2.45, 2.75) is 12.5 Å². The topological polar surface area (TPSA) is 113 Å². The van der Waals surface area contributed by atoms with Gasteiger partial charge in [0, 0.05) is 16.3 Å². The van der Waals surface area contributed by atoms with Crippen molar-refractivity contribution < 1.29 is 19.5 Å². The summed E-state index contributed by atoms with van der Waals surface area (Å²) in [5.41, 5.74) is 3.12. The van der Waals surface area contributed by atoms with Crippen LogP contribution < -0.4 is 10.6 Å². The second kappa shape index (κ2) is 10.2. The third-order valence-electron chi connectivity index (χ3n) is 5.26. The third-order valence-corrected chi connectivity index (χ3v) is 5.51. The van der Waals surface area contributed by atoms with Crippen LogP contribution in [0.1, 0.15) is 28.4 Å². The first kappa shape index (κ1) is 23.0. The van der Waals surface area contributed by atoms with Crippen LogP contribution in [-0.2, 0) is 9.59 Å². The average molecular weight is 477 g/mol. The predicted molar refractivity (Wildman–Crippen MR) is 129 cm³/mol. The fourth-order valence-corrected chi connectivity index (χ4v) is 3.77. The first-order valence-electron chi connectivity index (χ1n) is 10.5. The molecule has 0 aliphatic carbocycles. The summed E-state index contributed by atoms with van der Waals surface area (Å²) in [6.45, 7) is -0.206. The molecule has 0 aliphatic rings. The van der Waals surface area contributed by atoms with Gasteiger partial charge in [0.05, 0.1) is 36.4 Å².